The first-order valence-corrected chi connectivity index (χ1v) is 9.68. The van der Waals surface area contributed by atoms with Crippen LogP contribution in [-0.2, 0) is 4.74 Å². The molecule has 0 aliphatic carbocycles. The van der Waals surface area contributed by atoms with Gasteiger partial charge in [0.2, 0.25) is 5.76 Å². The molecule has 1 amide bonds. The van der Waals surface area contributed by atoms with Crippen molar-refractivity contribution in [2.24, 2.45) is 0 Å². The van der Waals surface area contributed by atoms with Crippen LogP contribution in [0.1, 0.15) is 38.1 Å². The van der Waals surface area contributed by atoms with Gasteiger partial charge in [-0.2, -0.15) is 0 Å². The lowest BCUT2D eigenvalue weighted by molar-refractivity contribution is 0.0600. The van der Waals surface area contributed by atoms with Crippen molar-refractivity contribution in [2.45, 2.75) is 6.04 Å². The van der Waals surface area contributed by atoms with Crippen molar-refractivity contribution < 1.29 is 23.1 Å². The summed E-state index contributed by atoms with van der Waals surface area (Å²) < 4.78 is 24.4. The van der Waals surface area contributed by atoms with Crippen LogP contribution in [0.2, 0.25) is 0 Å². The van der Waals surface area contributed by atoms with Gasteiger partial charge in [0.25, 0.3) is 5.91 Å². The maximum atomic E-state index is 13.8. The first-order chi connectivity index (χ1) is 15.5. The van der Waals surface area contributed by atoms with Crippen molar-refractivity contribution in [3.8, 4) is 0 Å². The molecule has 0 fully saturated rings. The Morgan fingerprint density at radius 1 is 1.09 bits per heavy atom. The van der Waals surface area contributed by atoms with E-state index in [1.807, 2.05) is 0 Å². The number of amides is 1. The highest BCUT2D eigenvalue weighted by Crippen LogP contribution is 2.40. The smallest absolute Gasteiger partial charge is 0.337 e. The van der Waals surface area contributed by atoms with Crippen LogP contribution in [-0.4, -0.2) is 24.0 Å². The highest BCUT2D eigenvalue weighted by molar-refractivity contribution is 6.10. The third-order valence-corrected chi connectivity index (χ3v) is 5.38. The molecule has 5 rings (SSSR count). The normalized spacial score (nSPS) is 15.1. The summed E-state index contributed by atoms with van der Waals surface area (Å²) in [5, 5.41) is 0.0376. The van der Waals surface area contributed by atoms with E-state index in [2.05, 4.69) is 4.98 Å². The monoisotopic (exact) mass is 430 g/mol. The second kappa shape index (κ2) is 7.42. The van der Waals surface area contributed by atoms with E-state index in [1.54, 1.807) is 42.5 Å². The predicted molar refractivity (Wildman–Crippen MR) is 113 cm³/mol. The first kappa shape index (κ1) is 19.6. The third-order valence-electron chi connectivity index (χ3n) is 5.38. The van der Waals surface area contributed by atoms with Gasteiger partial charge in [-0.15, -0.1) is 0 Å². The van der Waals surface area contributed by atoms with Crippen LogP contribution >= 0.6 is 0 Å². The second-order valence-electron chi connectivity index (χ2n) is 7.19. The van der Waals surface area contributed by atoms with Gasteiger partial charge in [-0.1, -0.05) is 18.2 Å². The quantitative estimate of drug-likeness (QED) is 0.459. The van der Waals surface area contributed by atoms with Crippen LogP contribution in [0.3, 0.4) is 0 Å². The van der Waals surface area contributed by atoms with Crippen molar-refractivity contribution in [1.29, 1.82) is 0 Å². The lowest BCUT2D eigenvalue weighted by atomic mass is 9.97. The van der Waals surface area contributed by atoms with Crippen molar-refractivity contribution >= 4 is 28.7 Å². The largest absolute Gasteiger partial charge is 0.465 e. The van der Waals surface area contributed by atoms with Gasteiger partial charge < -0.3 is 9.15 Å². The van der Waals surface area contributed by atoms with E-state index < -0.39 is 29.2 Å². The summed E-state index contributed by atoms with van der Waals surface area (Å²) >= 11 is 0. The average molecular weight is 430 g/mol. The lowest BCUT2D eigenvalue weighted by Crippen LogP contribution is -2.30. The maximum Gasteiger partial charge on any atom is 0.337 e. The molecule has 1 atom stereocenters. The summed E-state index contributed by atoms with van der Waals surface area (Å²) in [4.78, 5) is 44.2. The summed E-state index contributed by atoms with van der Waals surface area (Å²) in [6.45, 7) is 0. The van der Waals surface area contributed by atoms with E-state index in [0.29, 0.717) is 16.9 Å². The summed E-state index contributed by atoms with van der Waals surface area (Å²) in [5.74, 6) is -1.44. The molecule has 158 valence electrons. The van der Waals surface area contributed by atoms with Crippen LogP contribution in [0.4, 0.5) is 10.2 Å². The fourth-order valence-electron chi connectivity index (χ4n) is 3.91. The number of carbonyl (C=O) groups excluding carboxylic acids is 2. The fraction of sp³-hybridized carbons (Fsp3) is 0.0833. The van der Waals surface area contributed by atoms with E-state index in [4.69, 9.17) is 9.15 Å². The number of halogens is 1. The molecule has 32 heavy (non-hydrogen) atoms. The highest BCUT2D eigenvalue weighted by atomic mass is 19.1. The van der Waals surface area contributed by atoms with Gasteiger partial charge in [0, 0.05) is 6.20 Å². The second-order valence-corrected chi connectivity index (χ2v) is 7.19. The van der Waals surface area contributed by atoms with E-state index in [1.165, 1.54) is 24.3 Å². The van der Waals surface area contributed by atoms with E-state index >= 15 is 0 Å². The average Bonchev–Trinajstić information content (AvgIpc) is 3.12. The number of esters is 1. The molecule has 7 nitrogen and oxygen atoms in total. The van der Waals surface area contributed by atoms with Gasteiger partial charge in [-0.25, -0.2) is 14.2 Å². The number of methoxy groups -OCH3 is 1. The standard InChI is InChI=1S/C24H15FN2O5/c1-31-24(30)14-7-5-13(6-8-14)20-19-21(28)16-12-15(25)9-10-17(16)32-22(19)23(29)27(20)18-4-2-3-11-26-18/h2-12,20H,1H3. The van der Waals surface area contributed by atoms with Crippen molar-refractivity contribution in [3.05, 3.63) is 105 Å². The van der Waals surface area contributed by atoms with Crippen molar-refractivity contribution in [3.63, 3.8) is 0 Å². The zero-order chi connectivity index (χ0) is 22.4. The summed E-state index contributed by atoms with van der Waals surface area (Å²) in [5.41, 5.74) is 0.571. The number of aromatic nitrogens is 1. The number of ether oxygens (including phenoxy) is 1. The minimum atomic E-state index is -0.872. The number of hydrogen-bond acceptors (Lipinski definition) is 6. The molecule has 2 aromatic heterocycles. The van der Waals surface area contributed by atoms with Gasteiger partial charge in [0.15, 0.2) is 5.43 Å². The Morgan fingerprint density at radius 3 is 2.56 bits per heavy atom. The summed E-state index contributed by atoms with van der Waals surface area (Å²) in [7, 11) is 1.28. The molecule has 0 saturated heterocycles. The third kappa shape index (κ3) is 2.96. The van der Waals surface area contributed by atoms with Crippen LogP contribution in [0.25, 0.3) is 11.0 Å². The molecule has 8 heteroatoms. The molecule has 0 saturated carbocycles. The lowest BCUT2D eigenvalue weighted by Gasteiger charge is -2.24. The Kier molecular flexibility index (Phi) is 4.55. The van der Waals surface area contributed by atoms with E-state index in [-0.39, 0.29) is 22.3 Å². The Morgan fingerprint density at radius 2 is 1.88 bits per heavy atom. The van der Waals surface area contributed by atoms with Gasteiger partial charge in [-0.05, 0) is 48.0 Å². The summed E-state index contributed by atoms with van der Waals surface area (Å²) in [6.07, 6.45) is 1.53. The van der Waals surface area contributed by atoms with Crippen molar-refractivity contribution in [1.82, 2.24) is 4.98 Å². The maximum absolute atomic E-state index is 13.8. The molecule has 1 aliphatic rings. The number of fused-ring (bicyclic) bond motifs is 2. The zero-order valence-electron chi connectivity index (χ0n) is 16.7. The molecule has 1 aliphatic heterocycles. The fourth-order valence-corrected chi connectivity index (χ4v) is 3.91. The number of carbonyl (C=O) groups is 2. The molecular weight excluding hydrogens is 415 g/mol. The molecule has 3 heterocycles. The van der Waals surface area contributed by atoms with Gasteiger partial charge in [0.1, 0.15) is 17.2 Å². The molecular formula is C24H15FN2O5. The topological polar surface area (TPSA) is 89.7 Å². The van der Waals surface area contributed by atoms with Gasteiger partial charge >= 0.3 is 5.97 Å². The van der Waals surface area contributed by atoms with Crippen LogP contribution in [0.15, 0.2) is 76.1 Å². The first-order valence-electron chi connectivity index (χ1n) is 9.68. The molecule has 0 radical (unpaired) electrons. The molecule has 0 N–H and O–H groups in total. The Hall–Kier alpha value is -4.33. The van der Waals surface area contributed by atoms with E-state index in [9.17, 15) is 18.8 Å². The zero-order valence-corrected chi connectivity index (χ0v) is 16.7. The SMILES string of the molecule is COC(=O)c1ccc(C2c3c(oc4ccc(F)cc4c3=O)C(=O)N2c2ccccn2)cc1. The molecule has 2 aromatic carbocycles. The molecule has 1 unspecified atom stereocenters. The number of rotatable bonds is 3. The minimum Gasteiger partial charge on any atom is -0.465 e. The number of benzene rings is 2. The van der Waals surface area contributed by atoms with Gasteiger partial charge in [-0.3, -0.25) is 14.5 Å². The summed E-state index contributed by atoms with van der Waals surface area (Å²) in [6, 6.07) is 14.1. The molecule has 0 spiro atoms. The van der Waals surface area contributed by atoms with Crippen LogP contribution < -0.4 is 10.3 Å². The van der Waals surface area contributed by atoms with Crippen molar-refractivity contribution in [2.75, 3.05) is 12.0 Å². The predicted octanol–water partition coefficient (Wildman–Crippen LogP) is 3.86. The Bertz CT molecular complexity index is 1430. The van der Waals surface area contributed by atoms with Crippen LogP contribution in [0, 0.1) is 5.82 Å². The van der Waals surface area contributed by atoms with Crippen LogP contribution in [0.5, 0.6) is 0 Å². The number of anilines is 1. The molecule has 4 aromatic rings. The number of pyridine rings is 1. The number of nitrogens with zero attached hydrogens (tertiary/aromatic N) is 2. The number of hydrogen-bond donors (Lipinski definition) is 0. The molecule has 0 bridgehead atoms. The highest BCUT2D eigenvalue weighted by Gasteiger charge is 2.44. The Balaban J connectivity index is 1.76. The van der Waals surface area contributed by atoms with Gasteiger partial charge in [0.05, 0.1) is 29.7 Å². The van der Waals surface area contributed by atoms with E-state index in [0.717, 1.165) is 12.1 Å². The Labute approximate surface area is 180 Å². The minimum absolute atomic E-state index is 0.0376.